The summed E-state index contributed by atoms with van der Waals surface area (Å²) >= 11 is 0. The van der Waals surface area contributed by atoms with Gasteiger partial charge in [0, 0.05) is 32.8 Å². The zero-order valence-electron chi connectivity index (χ0n) is 16.0. The van der Waals surface area contributed by atoms with Crippen LogP contribution in [-0.4, -0.2) is 75.3 Å². The second-order valence-electron chi connectivity index (χ2n) is 7.39. The summed E-state index contributed by atoms with van der Waals surface area (Å²) in [5.41, 5.74) is 0.612. The molecule has 1 N–H and O–H groups in total. The van der Waals surface area contributed by atoms with E-state index in [4.69, 9.17) is 9.73 Å². The summed E-state index contributed by atoms with van der Waals surface area (Å²) in [5.74, 6) is 1.09. The number of ether oxygens (including phenoxy) is 1. The van der Waals surface area contributed by atoms with Crippen LogP contribution in [0.2, 0.25) is 0 Å². The maximum absolute atomic E-state index is 5.88. The van der Waals surface area contributed by atoms with Crippen molar-refractivity contribution in [3.8, 4) is 0 Å². The van der Waals surface area contributed by atoms with Gasteiger partial charge in [0.05, 0.1) is 12.6 Å². The molecular weight excluding hydrogens is 415 g/mol. The molecule has 1 unspecified atom stereocenters. The fourth-order valence-corrected chi connectivity index (χ4v) is 3.68. The number of halogens is 1. The van der Waals surface area contributed by atoms with E-state index >= 15 is 0 Å². The van der Waals surface area contributed by atoms with Crippen molar-refractivity contribution in [3.63, 3.8) is 0 Å². The predicted molar refractivity (Wildman–Crippen MR) is 112 cm³/mol. The van der Waals surface area contributed by atoms with Gasteiger partial charge in [-0.05, 0) is 59.0 Å². The highest BCUT2D eigenvalue weighted by atomic mass is 127. The van der Waals surface area contributed by atoms with Gasteiger partial charge in [0.15, 0.2) is 5.96 Å². The van der Waals surface area contributed by atoms with Crippen LogP contribution in [0.25, 0.3) is 0 Å². The van der Waals surface area contributed by atoms with Gasteiger partial charge in [-0.25, -0.2) is 0 Å². The first-order valence-corrected chi connectivity index (χ1v) is 9.38. The lowest BCUT2D eigenvalue weighted by atomic mass is 9.68. The molecule has 0 aromatic rings. The third kappa shape index (κ3) is 6.33. The molecule has 1 atom stereocenters. The molecule has 1 aliphatic carbocycles. The molecule has 142 valence electrons. The smallest absolute Gasteiger partial charge is 0.194 e. The highest BCUT2D eigenvalue weighted by Gasteiger charge is 2.43. The summed E-state index contributed by atoms with van der Waals surface area (Å²) < 4.78 is 5.88. The normalized spacial score (nSPS) is 20.9. The molecular formula is C18H37IN4O. The Morgan fingerprint density at radius 2 is 2.04 bits per heavy atom. The number of likely N-dealkylation sites (tertiary alicyclic amines) is 1. The zero-order chi connectivity index (χ0) is 16.7. The molecule has 1 heterocycles. The van der Waals surface area contributed by atoms with Crippen molar-refractivity contribution in [1.82, 2.24) is 15.1 Å². The van der Waals surface area contributed by atoms with Crippen molar-refractivity contribution in [2.75, 3.05) is 53.4 Å². The van der Waals surface area contributed by atoms with Gasteiger partial charge in [0.2, 0.25) is 0 Å². The Hall–Kier alpha value is -0.0800. The molecule has 1 aliphatic heterocycles. The van der Waals surface area contributed by atoms with Gasteiger partial charge in [0.25, 0.3) is 0 Å². The molecule has 0 aromatic carbocycles. The molecule has 0 radical (unpaired) electrons. The number of hydrogen-bond acceptors (Lipinski definition) is 3. The molecule has 6 heteroatoms. The fourth-order valence-electron chi connectivity index (χ4n) is 3.68. The molecule has 1 spiro atoms. The predicted octanol–water partition coefficient (Wildman–Crippen LogP) is 2.80. The van der Waals surface area contributed by atoms with Crippen molar-refractivity contribution in [2.45, 2.75) is 52.1 Å². The van der Waals surface area contributed by atoms with E-state index in [2.05, 4.69) is 43.1 Å². The molecule has 24 heavy (non-hydrogen) atoms. The molecule has 5 nitrogen and oxygen atoms in total. The number of guanidine groups is 1. The lowest BCUT2D eigenvalue weighted by molar-refractivity contribution is 0.0580. The molecule has 1 saturated heterocycles. The molecule has 0 aromatic heterocycles. The number of nitrogens with zero attached hydrogens (tertiary/aromatic N) is 3. The lowest BCUT2D eigenvalue weighted by Gasteiger charge is -2.38. The molecule has 0 amide bonds. The molecule has 2 fully saturated rings. The Bertz CT molecular complexity index is 385. The average molecular weight is 452 g/mol. The van der Waals surface area contributed by atoms with Crippen LogP contribution in [0, 0.1) is 5.41 Å². The first-order valence-electron chi connectivity index (χ1n) is 9.38. The Morgan fingerprint density at radius 3 is 2.54 bits per heavy atom. The number of rotatable bonds is 8. The van der Waals surface area contributed by atoms with E-state index in [9.17, 15) is 0 Å². The maximum Gasteiger partial charge on any atom is 0.194 e. The topological polar surface area (TPSA) is 40.1 Å². The van der Waals surface area contributed by atoms with Crippen LogP contribution in [0.4, 0.5) is 0 Å². The quantitative estimate of drug-likeness (QED) is 0.349. The Labute approximate surface area is 165 Å². The van der Waals surface area contributed by atoms with Crippen LogP contribution < -0.4 is 5.32 Å². The minimum absolute atomic E-state index is 0. The van der Waals surface area contributed by atoms with Gasteiger partial charge in [0.1, 0.15) is 0 Å². The van der Waals surface area contributed by atoms with Crippen molar-refractivity contribution in [2.24, 2.45) is 10.4 Å². The van der Waals surface area contributed by atoms with E-state index in [0.717, 1.165) is 45.2 Å². The monoisotopic (exact) mass is 452 g/mol. The zero-order valence-corrected chi connectivity index (χ0v) is 18.3. The largest absolute Gasteiger partial charge is 0.377 e. The van der Waals surface area contributed by atoms with Crippen LogP contribution in [0.3, 0.4) is 0 Å². The SMILES string of the molecule is CCNC(=NCC(CCN(C)C)OCC)N1CCC2(CCC2)C1.I. The van der Waals surface area contributed by atoms with E-state index in [0.29, 0.717) is 5.41 Å². The number of hydrogen-bond donors (Lipinski definition) is 1. The Morgan fingerprint density at radius 1 is 1.29 bits per heavy atom. The van der Waals surface area contributed by atoms with E-state index in [1.807, 2.05) is 0 Å². The summed E-state index contributed by atoms with van der Waals surface area (Å²) in [6.07, 6.45) is 6.83. The van der Waals surface area contributed by atoms with Crippen LogP contribution in [-0.2, 0) is 4.74 Å². The van der Waals surface area contributed by atoms with Crippen molar-refractivity contribution in [1.29, 1.82) is 0 Å². The fraction of sp³-hybridized carbons (Fsp3) is 0.944. The van der Waals surface area contributed by atoms with Crippen molar-refractivity contribution >= 4 is 29.9 Å². The summed E-state index contributed by atoms with van der Waals surface area (Å²) in [4.78, 5) is 9.58. The van der Waals surface area contributed by atoms with Gasteiger partial charge < -0.3 is 19.9 Å². The molecule has 2 rings (SSSR count). The van der Waals surface area contributed by atoms with E-state index in [-0.39, 0.29) is 30.1 Å². The minimum Gasteiger partial charge on any atom is -0.377 e. The molecule has 0 bridgehead atoms. The maximum atomic E-state index is 5.88. The van der Waals surface area contributed by atoms with Gasteiger partial charge in [-0.3, -0.25) is 4.99 Å². The Balaban J connectivity index is 0.00000288. The second-order valence-corrected chi connectivity index (χ2v) is 7.39. The van der Waals surface area contributed by atoms with Gasteiger partial charge >= 0.3 is 0 Å². The standard InChI is InChI=1S/C18H36N4O.HI/c1-5-19-17(22-13-11-18(15-22)9-7-10-18)20-14-16(23-6-2)8-12-21(3)4;/h16H,5-15H2,1-4H3,(H,19,20);1H. The van der Waals surface area contributed by atoms with Crippen LogP contribution in [0.1, 0.15) is 46.0 Å². The first kappa shape index (κ1) is 22.0. The van der Waals surface area contributed by atoms with Crippen molar-refractivity contribution in [3.05, 3.63) is 0 Å². The van der Waals surface area contributed by atoms with E-state index < -0.39 is 0 Å². The van der Waals surface area contributed by atoms with Crippen molar-refractivity contribution < 1.29 is 4.74 Å². The molecule has 2 aliphatic rings. The third-order valence-electron chi connectivity index (χ3n) is 5.23. The summed E-state index contributed by atoms with van der Waals surface area (Å²) in [6.45, 7) is 10.1. The lowest BCUT2D eigenvalue weighted by Crippen LogP contribution is -2.43. The average Bonchev–Trinajstić information content (AvgIpc) is 2.94. The number of aliphatic imine (C=N–C) groups is 1. The molecule has 1 saturated carbocycles. The van der Waals surface area contributed by atoms with Crippen LogP contribution in [0.15, 0.2) is 4.99 Å². The summed E-state index contributed by atoms with van der Waals surface area (Å²) in [7, 11) is 4.22. The first-order chi connectivity index (χ1) is 11.1. The van der Waals surface area contributed by atoms with E-state index in [1.165, 1.54) is 32.2 Å². The number of nitrogens with one attached hydrogen (secondary N) is 1. The van der Waals surface area contributed by atoms with Gasteiger partial charge in [-0.1, -0.05) is 6.42 Å². The second kappa shape index (κ2) is 10.8. The highest BCUT2D eigenvalue weighted by Crippen LogP contribution is 2.47. The van der Waals surface area contributed by atoms with E-state index in [1.54, 1.807) is 0 Å². The minimum atomic E-state index is 0. The van der Waals surface area contributed by atoms with Crippen LogP contribution in [0.5, 0.6) is 0 Å². The van der Waals surface area contributed by atoms with Gasteiger partial charge in [-0.2, -0.15) is 0 Å². The summed E-state index contributed by atoms with van der Waals surface area (Å²) in [6, 6.07) is 0. The third-order valence-corrected chi connectivity index (χ3v) is 5.23. The highest BCUT2D eigenvalue weighted by molar-refractivity contribution is 14.0. The van der Waals surface area contributed by atoms with Gasteiger partial charge in [-0.15, -0.1) is 24.0 Å². The summed E-state index contributed by atoms with van der Waals surface area (Å²) in [5, 5.41) is 3.48. The van der Waals surface area contributed by atoms with Crippen LogP contribution >= 0.6 is 24.0 Å². The Kier molecular flexibility index (Phi) is 9.89.